The van der Waals surface area contributed by atoms with Gasteiger partial charge in [0.2, 0.25) is 5.91 Å². The molecule has 8 heteroatoms. The summed E-state index contributed by atoms with van der Waals surface area (Å²) < 4.78 is 11.1. The van der Waals surface area contributed by atoms with Gasteiger partial charge < -0.3 is 20.1 Å². The summed E-state index contributed by atoms with van der Waals surface area (Å²) >= 11 is 0. The topological polar surface area (TPSA) is 97.0 Å². The molecule has 2 aliphatic heterocycles. The highest BCUT2D eigenvalue weighted by Gasteiger charge is 2.49. The van der Waals surface area contributed by atoms with Crippen molar-refractivity contribution in [2.75, 3.05) is 19.8 Å². The van der Waals surface area contributed by atoms with Gasteiger partial charge in [-0.05, 0) is 53.9 Å². The Hall–Kier alpha value is -4.07. The Labute approximate surface area is 196 Å². The van der Waals surface area contributed by atoms with E-state index >= 15 is 0 Å². The molecule has 1 saturated heterocycles. The number of hydrogen-bond donors (Lipinski definition) is 2. The van der Waals surface area contributed by atoms with Gasteiger partial charge in [0, 0.05) is 0 Å². The molecule has 4 amide bonds. The van der Waals surface area contributed by atoms with Crippen LogP contribution in [-0.4, -0.2) is 42.5 Å². The van der Waals surface area contributed by atoms with Crippen LogP contribution in [0.3, 0.4) is 0 Å². The molecule has 2 N–H and O–H groups in total. The Bertz CT molecular complexity index is 1310. The summed E-state index contributed by atoms with van der Waals surface area (Å²) in [6, 6.07) is 18.0. The van der Waals surface area contributed by atoms with Gasteiger partial charge in [0.25, 0.3) is 5.91 Å². The van der Waals surface area contributed by atoms with Crippen molar-refractivity contribution in [1.82, 2.24) is 15.5 Å². The van der Waals surface area contributed by atoms with Crippen LogP contribution in [-0.2, 0) is 15.1 Å². The summed E-state index contributed by atoms with van der Waals surface area (Å²) in [4.78, 5) is 39.6. The molecule has 0 aromatic heterocycles. The zero-order valence-corrected chi connectivity index (χ0v) is 19.0. The largest absolute Gasteiger partial charge is 0.486 e. The van der Waals surface area contributed by atoms with Gasteiger partial charge in [-0.15, -0.1) is 0 Å². The lowest BCUT2D eigenvalue weighted by Crippen LogP contribution is -2.43. The minimum absolute atomic E-state index is 0.351. The fourth-order valence-corrected chi connectivity index (χ4v) is 4.38. The lowest BCUT2D eigenvalue weighted by atomic mass is 9.90. The SMILES string of the molecule is CC(NC(=O)CN1C(=O)NC(C)(c2ccc3ccccc3c2)C1=O)c1ccc2c(c1)OCCO2. The van der Waals surface area contributed by atoms with Crippen LogP contribution in [0.1, 0.15) is 31.0 Å². The van der Waals surface area contributed by atoms with Crippen LogP contribution in [0.2, 0.25) is 0 Å². The molecule has 0 saturated carbocycles. The van der Waals surface area contributed by atoms with E-state index in [0.717, 1.165) is 21.2 Å². The molecule has 2 heterocycles. The molecule has 3 aromatic carbocycles. The number of benzene rings is 3. The van der Waals surface area contributed by atoms with Crippen molar-refractivity contribution in [2.24, 2.45) is 0 Å². The van der Waals surface area contributed by atoms with Crippen LogP contribution in [0.4, 0.5) is 4.79 Å². The summed E-state index contributed by atoms with van der Waals surface area (Å²) in [5.74, 6) is 0.398. The van der Waals surface area contributed by atoms with Gasteiger partial charge >= 0.3 is 6.03 Å². The molecular weight excluding hydrogens is 434 g/mol. The second-order valence-corrected chi connectivity index (χ2v) is 8.70. The van der Waals surface area contributed by atoms with E-state index in [0.29, 0.717) is 30.3 Å². The van der Waals surface area contributed by atoms with E-state index in [1.54, 1.807) is 13.0 Å². The van der Waals surface area contributed by atoms with Gasteiger partial charge in [0.1, 0.15) is 25.3 Å². The Balaban J connectivity index is 1.29. The van der Waals surface area contributed by atoms with Crippen molar-refractivity contribution in [1.29, 1.82) is 0 Å². The van der Waals surface area contributed by atoms with Crippen molar-refractivity contribution in [3.05, 3.63) is 71.8 Å². The van der Waals surface area contributed by atoms with Gasteiger partial charge in [0.15, 0.2) is 11.5 Å². The summed E-state index contributed by atoms with van der Waals surface area (Å²) in [6.07, 6.45) is 0. The first kappa shape index (κ1) is 21.8. The maximum Gasteiger partial charge on any atom is 0.325 e. The number of rotatable bonds is 5. The quantitative estimate of drug-likeness (QED) is 0.571. The molecule has 2 aliphatic rings. The van der Waals surface area contributed by atoms with Gasteiger partial charge in [-0.2, -0.15) is 0 Å². The fraction of sp³-hybridized carbons (Fsp3) is 0.269. The number of carbonyl (C=O) groups is 3. The van der Waals surface area contributed by atoms with E-state index < -0.39 is 23.4 Å². The molecule has 2 unspecified atom stereocenters. The van der Waals surface area contributed by atoms with Crippen molar-refractivity contribution in [2.45, 2.75) is 25.4 Å². The average molecular weight is 460 g/mol. The number of fused-ring (bicyclic) bond motifs is 2. The van der Waals surface area contributed by atoms with Gasteiger partial charge in [-0.25, -0.2) is 4.79 Å². The normalized spacial score (nSPS) is 20.2. The summed E-state index contributed by atoms with van der Waals surface area (Å²) in [6.45, 7) is 4.09. The number of amides is 4. The number of ether oxygens (including phenoxy) is 2. The molecule has 0 aliphatic carbocycles. The molecule has 8 nitrogen and oxygen atoms in total. The number of imide groups is 1. The third-order valence-electron chi connectivity index (χ3n) is 6.35. The van der Waals surface area contributed by atoms with Crippen LogP contribution in [0, 0.1) is 0 Å². The number of carbonyl (C=O) groups excluding carboxylic acids is 3. The Morgan fingerprint density at radius 2 is 1.76 bits per heavy atom. The van der Waals surface area contributed by atoms with Gasteiger partial charge in [-0.1, -0.05) is 42.5 Å². The first-order chi connectivity index (χ1) is 16.3. The van der Waals surface area contributed by atoms with Crippen LogP contribution in [0.5, 0.6) is 11.5 Å². The zero-order valence-electron chi connectivity index (χ0n) is 19.0. The second-order valence-electron chi connectivity index (χ2n) is 8.70. The lowest BCUT2D eigenvalue weighted by Gasteiger charge is -2.23. The third-order valence-corrected chi connectivity index (χ3v) is 6.35. The predicted molar refractivity (Wildman–Crippen MR) is 126 cm³/mol. The molecule has 0 radical (unpaired) electrons. The highest BCUT2D eigenvalue weighted by molar-refractivity contribution is 6.09. The molecule has 34 heavy (non-hydrogen) atoms. The predicted octanol–water partition coefficient (Wildman–Crippen LogP) is 3.26. The van der Waals surface area contributed by atoms with Crippen LogP contribution in [0.15, 0.2) is 60.7 Å². The standard InChI is InChI=1S/C26H25N3O5/c1-16(18-8-10-21-22(14-18)34-12-11-33-21)27-23(30)15-29-24(31)26(2,28-25(29)32)20-9-7-17-5-3-4-6-19(17)13-20/h3-10,13-14,16H,11-12,15H2,1-2H3,(H,27,30)(H,28,32). The molecule has 1 fully saturated rings. The first-order valence-electron chi connectivity index (χ1n) is 11.2. The second kappa shape index (κ2) is 8.37. The Kier molecular flexibility index (Phi) is 5.36. The number of nitrogens with one attached hydrogen (secondary N) is 2. The van der Waals surface area contributed by atoms with E-state index in [2.05, 4.69) is 10.6 Å². The smallest absolute Gasteiger partial charge is 0.325 e. The van der Waals surface area contributed by atoms with Gasteiger partial charge in [-0.3, -0.25) is 14.5 Å². The van der Waals surface area contributed by atoms with Crippen molar-refractivity contribution >= 4 is 28.6 Å². The summed E-state index contributed by atoms with van der Waals surface area (Å²) in [5, 5.41) is 7.62. The summed E-state index contributed by atoms with van der Waals surface area (Å²) in [5.41, 5.74) is 0.246. The monoisotopic (exact) mass is 459 g/mol. The molecular formula is C26H25N3O5. The molecule has 174 valence electrons. The van der Waals surface area contributed by atoms with Crippen molar-refractivity contribution in [3.63, 3.8) is 0 Å². The van der Waals surface area contributed by atoms with E-state index in [1.165, 1.54) is 0 Å². The number of urea groups is 1. The number of hydrogen-bond acceptors (Lipinski definition) is 5. The van der Waals surface area contributed by atoms with Gasteiger partial charge in [0.05, 0.1) is 6.04 Å². The highest BCUT2D eigenvalue weighted by atomic mass is 16.6. The third kappa shape index (κ3) is 3.81. The van der Waals surface area contributed by atoms with Crippen molar-refractivity contribution < 1.29 is 23.9 Å². The Morgan fingerprint density at radius 3 is 2.56 bits per heavy atom. The molecule has 5 rings (SSSR count). The maximum atomic E-state index is 13.3. The van der Waals surface area contributed by atoms with Crippen LogP contribution >= 0.6 is 0 Å². The van der Waals surface area contributed by atoms with E-state index in [4.69, 9.17) is 9.47 Å². The molecule has 2 atom stereocenters. The highest BCUT2D eigenvalue weighted by Crippen LogP contribution is 2.33. The molecule has 0 bridgehead atoms. The summed E-state index contributed by atoms with van der Waals surface area (Å²) in [7, 11) is 0. The number of nitrogens with zero attached hydrogens (tertiary/aromatic N) is 1. The zero-order chi connectivity index (χ0) is 23.9. The maximum absolute atomic E-state index is 13.3. The Morgan fingerprint density at radius 1 is 1.03 bits per heavy atom. The van der Waals surface area contributed by atoms with E-state index in [-0.39, 0.29) is 12.6 Å². The molecule has 3 aromatic rings. The fourth-order valence-electron chi connectivity index (χ4n) is 4.38. The lowest BCUT2D eigenvalue weighted by molar-refractivity contribution is -0.135. The molecule has 0 spiro atoms. The van der Waals surface area contributed by atoms with E-state index in [1.807, 2.05) is 61.5 Å². The van der Waals surface area contributed by atoms with E-state index in [9.17, 15) is 14.4 Å². The first-order valence-corrected chi connectivity index (χ1v) is 11.2. The minimum atomic E-state index is -1.25. The minimum Gasteiger partial charge on any atom is -0.486 e. The average Bonchev–Trinajstić information content (AvgIpc) is 3.07. The van der Waals surface area contributed by atoms with Crippen molar-refractivity contribution in [3.8, 4) is 11.5 Å². The van der Waals surface area contributed by atoms with Crippen LogP contribution < -0.4 is 20.1 Å². The van der Waals surface area contributed by atoms with Crippen LogP contribution in [0.25, 0.3) is 10.8 Å².